The summed E-state index contributed by atoms with van der Waals surface area (Å²) in [5, 5.41) is 12.0. The van der Waals surface area contributed by atoms with Crippen molar-refractivity contribution in [2.75, 3.05) is 16.5 Å². The lowest BCUT2D eigenvalue weighted by atomic mass is 9.96. The van der Waals surface area contributed by atoms with E-state index in [2.05, 4.69) is 21.7 Å². The first-order valence-corrected chi connectivity index (χ1v) is 16.6. The summed E-state index contributed by atoms with van der Waals surface area (Å²) in [4.78, 5) is 8.35. The number of nitriles is 1. The van der Waals surface area contributed by atoms with E-state index in [0.717, 1.165) is 39.4 Å². The molecule has 0 bridgehead atoms. The van der Waals surface area contributed by atoms with Crippen molar-refractivity contribution in [1.82, 2.24) is 9.55 Å². The second-order valence-electron chi connectivity index (χ2n) is 12.5. The monoisotopic (exact) mass is 684 g/mol. The zero-order chi connectivity index (χ0) is 37.8. The highest BCUT2D eigenvalue weighted by molar-refractivity contribution is 6.09. The Balaban J connectivity index is 1.21. The molecule has 0 saturated carbocycles. The minimum atomic E-state index is -2.60. The maximum Gasteiger partial charge on any atom is 0.149 e. The summed E-state index contributed by atoms with van der Waals surface area (Å²) in [6.07, 6.45) is 1.75. The average molecular weight is 685 g/mol. The standard InChI is InChI=1S/C44H29F2N5O/c1-28-29(26-47)9-8-11-35(28)30-21-32(49-27-50(42-14-5-4-13-41(42)49)40-19-16-31(45)23-38(40)46)24-34(22-30)52-33-17-18-37-36-10-2-3-12-39(36)51(43(37)25-33)44-15-6-7-20-48-44/h2-25H,27H2,1H3/i1D3. The minimum absolute atomic E-state index is 0.0441. The van der Waals surface area contributed by atoms with Gasteiger partial charge in [0.15, 0.2) is 0 Å². The Morgan fingerprint density at radius 3 is 2.33 bits per heavy atom. The summed E-state index contributed by atoms with van der Waals surface area (Å²) in [5.74, 6) is 0.288. The van der Waals surface area contributed by atoms with Crippen LogP contribution < -0.4 is 14.5 Å². The van der Waals surface area contributed by atoms with Gasteiger partial charge < -0.3 is 14.5 Å². The number of benzene rings is 6. The van der Waals surface area contributed by atoms with Gasteiger partial charge in [0.25, 0.3) is 0 Å². The molecule has 0 radical (unpaired) electrons. The molecule has 0 spiro atoms. The molecular formula is C44H29F2N5O. The molecule has 250 valence electrons. The third kappa shape index (κ3) is 5.19. The molecule has 8 heteroatoms. The maximum absolute atomic E-state index is 15.3. The van der Waals surface area contributed by atoms with Crippen LogP contribution in [0.25, 0.3) is 38.8 Å². The van der Waals surface area contributed by atoms with Crippen LogP contribution in [0.15, 0.2) is 146 Å². The molecule has 1 aliphatic heterocycles. The highest BCUT2D eigenvalue weighted by Gasteiger charge is 2.30. The van der Waals surface area contributed by atoms with Crippen molar-refractivity contribution in [3.05, 3.63) is 168 Å². The molecule has 1 aliphatic rings. The Kier molecular flexibility index (Phi) is 6.63. The molecule has 8 aromatic rings. The van der Waals surface area contributed by atoms with Crippen molar-refractivity contribution in [1.29, 1.82) is 5.26 Å². The smallest absolute Gasteiger partial charge is 0.149 e. The van der Waals surface area contributed by atoms with Gasteiger partial charge >= 0.3 is 0 Å². The van der Waals surface area contributed by atoms with Gasteiger partial charge in [-0.25, -0.2) is 13.8 Å². The molecule has 52 heavy (non-hydrogen) atoms. The van der Waals surface area contributed by atoms with E-state index in [0.29, 0.717) is 34.0 Å². The van der Waals surface area contributed by atoms with Crippen molar-refractivity contribution in [2.24, 2.45) is 0 Å². The molecule has 0 N–H and O–H groups in total. The summed E-state index contributed by atoms with van der Waals surface area (Å²) in [6, 6.07) is 43.0. The fourth-order valence-corrected chi connectivity index (χ4v) is 7.06. The number of nitrogens with zero attached hydrogens (tertiary/aromatic N) is 5. The fourth-order valence-electron chi connectivity index (χ4n) is 7.06. The number of hydrogen-bond donors (Lipinski definition) is 0. The molecule has 0 unspecified atom stereocenters. The first-order chi connectivity index (χ1) is 26.7. The average Bonchev–Trinajstić information content (AvgIpc) is 3.73. The van der Waals surface area contributed by atoms with Crippen molar-refractivity contribution >= 4 is 44.6 Å². The summed E-state index contributed by atoms with van der Waals surface area (Å²) in [7, 11) is 0. The van der Waals surface area contributed by atoms with Gasteiger partial charge in [-0.15, -0.1) is 0 Å². The second kappa shape index (κ2) is 12.4. The summed E-state index contributed by atoms with van der Waals surface area (Å²) in [6.45, 7) is -2.44. The molecular weight excluding hydrogens is 653 g/mol. The lowest BCUT2D eigenvalue weighted by Crippen LogP contribution is -2.24. The predicted molar refractivity (Wildman–Crippen MR) is 202 cm³/mol. The molecule has 3 heterocycles. The first-order valence-electron chi connectivity index (χ1n) is 18.1. The van der Waals surface area contributed by atoms with E-state index in [9.17, 15) is 9.65 Å². The van der Waals surface area contributed by atoms with Crippen LogP contribution in [0.5, 0.6) is 11.5 Å². The first kappa shape index (κ1) is 27.8. The molecule has 0 atom stereocenters. The Labute approximate surface area is 302 Å². The van der Waals surface area contributed by atoms with Crippen molar-refractivity contribution in [2.45, 2.75) is 6.85 Å². The molecule has 9 rings (SSSR count). The maximum atomic E-state index is 15.3. The number of para-hydroxylation sites is 3. The SMILES string of the molecule is [2H]C([2H])([2H])c1c(C#N)cccc1-c1cc(Oc2ccc3c4ccccc4n(-c4ccccn4)c3c2)cc(N2CN(c3ccc(F)cc3F)c3ccccc32)c1. The lowest BCUT2D eigenvalue weighted by Gasteiger charge is -2.24. The third-order valence-corrected chi connectivity index (χ3v) is 9.40. The van der Waals surface area contributed by atoms with E-state index in [4.69, 9.17) is 8.85 Å². The third-order valence-electron chi connectivity index (χ3n) is 9.40. The van der Waals surface area contributed by atoms with Gasteiger partial charge in [-0.2, -0.15) is 5.26 Å². The van der Waals surface area contributed by atoms with Crippen LogP contribution in [0, 0.1) is 29.8 Å². The van der Waals surface area contributed by atoms with Crippen LogP contribution in [0.3, 0.4) is 0 Å². The van der Waals surface area contributed by atoms with E-state index in [1.807, 2.05) is 95.9 Å². The quantitative estimate of drug-likeness (QED) is 0.174. The van der Waals surface area contributed by atoms with E-state index >= 15 is 4.39 Å². The number of halogens is 2. The van der Waals surface area contributed by atoms with Crippen LogP contribution in [-0.2, 0) is 0 Å². The molecule has 0 fully saturated rings. The molecule has 2 aromatic heterocycles. The van der Waals surface area contributed by atoms with Gasteiger partial charge in [0, 0.05) is 45.0 Å². The van der Waals surface area contributed by atoms with Crippen molar-refractivity contribution in [3.63, 3.8) is 0 Å². The minimum Gasteiger partial charge on any atom is -0.457 e. The number of pyridine rings is 1. The summed E-state index contributed by atoms with van der Waals surface area (Å²) < 4.78 is 63.2. The van der Waals surface area contributed by atoms with Crippen LogP contribution in [0.4, 0.5) is 31.5 Å². The topological polar surface area (TPSA) is 57.3 Å². The molecule has 6 aromatic carbocycles. The van der Waals surface area contributed by atoms with E-state index in [1.165, 1.54) is 18.2 Å². The predicted octanol–water partition coefficient (Wildman–Crippen LogP) is 11.3. The van der Waals surface area contributed by atoms with Gasteiger partial charge in [-0.3, -0.25) is 4.57 Å². The van der Waals surface area contributed by atoms with Crippen LogP contribution in [-0.4, -0.2) is 16.2 Å². The van der Waals surface area contributed by atoms with Crippen molar-refractivity contribution in [3.8, 4) is 34.5 Å². The van der Waals surface area contributed by atoms with Gasteiger partial charge in [0.05, 0.1) is 39.7 Å². The molecule has 0 saturated heterocycles. The van der Waals surface area contributed by atoms with Crippen LogP contribution in [0.1, 0.15) is 15.2 Å². The number of anilines is 4. The van der Waals surface area contributed by atoms with Gasteiger partial charge in [0.2, 0.25) is 0 Å². The van der Waals surface area contributed by atoms with E-state index in [-0.39, 0.29) is 23.5 Å². The zero-order valence-electron chi connectivity index (χ0n) is 30.5. The lowest BCUT2D eigenvalue weighted by molar-refractivity contribution is 0.483. The molecule has 0 amide bonds. The summed E-state index contributed by atoms with van der Waals surface area (Å²) >= 11 is 0. The fraction of sp³-hybridized carbons (Fsp3) is 0.0455. The Morgan fingerprint density at radius 1 is 0.712 bits per heavy atom. The summed E-state index contributed by atoms with van der Waals surface area (Å²) in [5.41, 5.74) is 4.96. The van der Waals surface area contributed by atoms with Crippen LogP contribution >= 0.6 is 0 Å². The number of rotatable bonds is 6. The largest absolute Gasteiger partial charge is 0.457 e. The normalized spacial score (nSPS) is 13.4. The Bertz CT molecular complexity index is 2830. The Hall–Kier alpha value is -6.98. The number of hydrogen-bond acceptors (Lipinski definition) is 5. The molecule has 0 aliphatic carbocycles. The van der Waals surface area contributed by atoms with E-state index in [1.54, 1.807) is 29.3 Å². The van der Waals surface area contributed by atoms with Gasteiger partial charge in [0.1, 0.15) is 35.6 Å². The molecule has 6 nitrogen and oxygen atoms in total. The number of aromatic nitrogens is 2. The van der Waals surface area contributed by atoms with Crippen molar-refractivity contribution < 1.29 is 17.6 Å². The van der Waals surface area contributed by atoms with Gasteiger partial charge in [-0.05, 0) is 96.3 Å². The number of ether oxygens (including phenoxy) is 1. The second-order valence-corrected chi connectivity index (χ2v) is 12.5. The van der Waals surface area contributed by atoms with Gasteiger partial charge in [-0.1, -0.05) is 48.5 Å². The Morgan fingerprint density at radius 2 is 1.52 bits per heavy atom. The highest BCUT2D eigenvalue weighted by Crippen LogP contribution is 2.47. The number of fused-ring (bicyclic) bond motifs is 4. The van der Waals surface area contributed by atoms with E-state index < -0.39 is 18.5 Å². The zero-order valence-corrected chi connectivity index (χ0v) is 27.5. The highest BCUT2D eigenvalue weighted by atomic mass is 19.1. The van der Waals surface area contributed by atoms with Crippen LogP contribution in [0.2, 0.25) is 0 Å².